The molecule has 0 aliphatic carbocycles. The van der Waals surface area contributed by atoms with Gasteiger partial charge >= 0.3 is 0 Å². The number of nitrogens with zero attached hydrogens (tertiary/aromatic N) is 5. The Kier molecular flexibility index (Phi) is 4.74. The lowest BCUT2D eigenvalue weighted by Crippen LogP contribution is -2.42. The lowest BCUT2D eigenvalue weighted by molar-refractivity contribution is 0.148. The first-order valence-corrected chi connectivity index (χ1v) is 10.7. The minimum atomic E-state index is -0.0193. The number of hydrogen-bond donors (Lipinski definition) is 0. The van der Waals surface area contributed by atoms with Crippen molar-refractivity contribution < 1.29 is 0 Å². The average Bonchev–Trinajstić information content (AvgIpc) is 3.10. The van der Waals surface area contributed by atoms with E-state index >= 15 is 0 Å². The van der Waals surface area contributed by atoms with Gasteiger partial charge in [-0.15, -0.1) is 10.2 Å². The van der Waals surface area contributed by atoms with Crippen molar-refractivity contribution >= 4 is 0 Å². The van der Waals surface area contributed by atoms with Crippen LogP contribution in [0.3, 0.4) is 0 Å². The van der Waals surface area contributed by atoms with Gasteiger partial charge in [0.25, 0.3) is 5.56 Å². The Morgan fingerprint density at radius 2 is 1.67 bits per heavy atom. The SMILES string of the molecule is Cc1ccc(-c2nnc3n(c2=O)CCC32CCN(Cc3cccc(C)n3)CC2)cc1. The zero-order valence-electron chi connectivity index (χ0n) is 17.6. The Morgan fingerprint density at radius 3 is 2.40 bits per heavy atom. The third-order valence-corrected chi connectivity index (χ3v) is 6.71. The number of likely N-dealkylation sites (tertiary alicyclic amines) is 1. The third-order valence-electron chi connectivity index (χ3n) is 6.71. The molecule has 5 rings (SSSR count). The molecule has 0 N–H and O–H groups in total. The first kappa shape index (κ1) is 19.1. The second-order valence-electron chi connectivity index (χ2n) is 8.77. The molecule has 6 nitrogen and oxygen atoms in total. The van der Waals surface area contributed by atoms with E-state index in [0.717, 1.165) is 68.2 Å². The number of benzene rings is 1. The molecule has 1 fully saturated rings. The molecule has 1 aromatic carbocycles. The molecule has 2 aliphatic heterocycles. The number of hydrogen-bond acceptors (Lipinski definition) is 5. The van der Waals surface area contributed by atoms with Crippen molar-refractivity contribution in [2.75, 3.05) is 13.1 Å². The summed E-state index contributed by atoms with van der Waals surface area (Å²) in [5.41, 5.74) is 4.62. The number of aryl methyl sites for hydroxylation is 2. The van der Waals surface area contributed by atoms with E-state index in [2.05, 4.69) is 32.2 Å². The lowest BCUT2D eigenvalue weighted by Gasteiger charge is -2.38. The zero-order valence-corrected chi connectivity index (χ0v) is 17.6. The van der Waals surface area contributed by atoms with Gasteiger partial charge in [0.2, 0.25) is 0 Å². The lowest BCUT2D eigenvalue weighted by atomic mass is 9.76. The average molecular weight is 402 g/mol. The van der Waals surface area contributed by atoms with Crippen molar-refractivity contribution in [3.05, 3.63) is 75.6 Å². The molecule has 0 saturated carbocycles. The van der Waals surface area contributed by atoms with E-state index in [0.29, 0.717) is 5.69 Å². The van der Waals surface area contributed by atoms with Crippen LogP contribution in [0.4, 0.5) is 0 Å². The van der Waals surface area contributed by atoms with Gasteiger partial charge < -0.3 is 0 Å². The van der Waals surface area contributed by atoms with Gasteiger partial charge in [-0.2, -0.15) is 0 Å². The summed E-state index contributed by atoms with van der Waals surface area (Å²) in [4.78, 5) is 20.2. The van der Waals surface area contributed by atoms with Crippen LogP contribution >= 0.6 is 0 Å². The maximum Gasteiger partial charge on any atom is 0.280 e. The van der Waals surface area contributed by atoms with E-state index in [1.807, 2.05) is 48.7 Å². The predicted molar refractivity (Wildman–Crippen MR) is 116 cm³/mol. The molecule has 4 heterocycles. The Bertz CT molecular complexity index is 1130. The molecular weight excluding hydrogens is 374 g/mol. The van der Waals surface area contributed by atoms with Crippen LogP contribution in [-0.2, 0) is 18.5 Å². The molecule has 30 heavy (non-hydrogen) atoms. The van der Waals surface area contributed by atoms with Crippen LogP contribution < -0.4 is 5.56 Å². The Labute approximate surface area is 176 Å². The van der Waals surface area contributed by atoms with Crippen molar-refractivity contribution in [3.63, 3.8) is 0 Å². The number of piperidine rings is 1. The van der Waals surface area contributed by atoms with Crippen molar-refractivity contribution in [3.8, 4) is 11.3 Å². The van der Waals surface area contributed by atoms with Gasteiger partial charge in [0.15, 0.2) is 5.69 Å². The smallest absolute Gasteiger partial charge is 0.280 e. The Balaban J connectivity index is 1.36. The second kappa shape index (κ2) is 7.43. The topological polar surface area (TPSA) is 63.9 Å². The summed E-state index contributed by atoms with van der Waals surface area (Å²) >= 11 is 0. The maximum absolute atomic E-state index is 13.2. The van der Waals surface area contributed by atoms with E-state index in [4.69, 9.17) is 0 Å². The molecule has 0 bridgehead atoms. The number of fused-ring (bicyclic) bond motifs is 2. The molecule has 154 valence electrons. The normalized spacial score (nSPS) is 17.9. The molecule has 3 aromatic rings. The van der Waals surface area contributed by atoms with Crippen LogP contribution in [0, 0.1) is 13.8 Å². The molecule has 1 spiro atoms. The predicted octanol–water partition coefficient (Wildman–Crippen LogP) is 3.25. The van der Waals surface area contributed by atoms with Crippen LogP contribution in [0.2, 0.25) is 0 Å². The molecule has 0 atom stereocenters. The maximum atomic E-state index is 13.2. The van der Waals surface area contributed by atoms with E-state index in [9.17, 15) is 4.79 Å². The van der Waals surface area contributed by atoms with Gasteiger partial charge in [-0.3, -0.25) is 19.2 Å². The van der Waals surface area contributed by atoms with Crippen LogP contribution in [0.25, 0.3) is 11.3 Å². The van der Waals surface area contributed by atoms with Gasteiger partial charge in [0, 0.05) is 29.8 Å². The summed E-state index contributed by atoms with van der Waals surface area (Å²) in [6.45, 7) is 7.67. The standard InChI is InChI=1S/C24H27N5O/c1-17-6-8-19(9-7-17)21-22(30)29-15-12-24(23(29)27-26-21)10-13-28(14-11-24)16-20-5-3-4-18(2)25-20/h3-9H,10-16H2,1-2H3. The van der Waals surface area contributed by atoms with Crippen LogP contribution in [0.5, 0.6) is 0 Å². The highest BCUT2D eigenvalue weighted by atomic mass is 16.1. The fourth-order valence-electron chi connectivity index (χ4n) is 4.88. The summed E-state index contributed by atoms with van der Waals surface area (Å²) < 4.78 is 1.87. The van der Waals surface area contributed by atoms with Gasteiger partial charge in [-0.25, -0.2) is 0 Å². The number of rotatable bonds is 3. The van der Waals surface area contributed by atoms with Crippen molar-refractivity contribution in [2.24, 2.45) is 0 Å². The molecular formula is C24H27N5O. The number of aromatic nitrogens is 4. The minimum absolute atomic E-state index is 0.00730. The van der Waals surface area contributed by atoms with Gasteiger partial charge in [-0.1, -0.05) is 35.9 Å². The monoisotopic (exact) mass is 401 g/mol. The van der Waals surface area contributed by atoms with E-state index < -0.39 is 0 Å². The summed E-state index contributed by atoms with van der Waals surface area (Å²) in [5, 5.41) is 8.99. The summed E-state index contributed by atoms with van der Waals surface area (Å²) in [7, 11) is 0. The minimum Gasteiger partial charge on any atom is -0.297 e. The molecule has 6 heteroatoms. The zero-order chi connectivity index (χ0) is 20.7. The van der Waals surface area contributed by atoms with Crippen LogP contribution in [0.15, 0.2) is 47.3 Å². The molecule has 2 aromatic heterocycles. The first-order valence-electron chi connectivity index (χ1n) is 10.7. The fourth-order valence-corrected chi connectivity index (χ4v) is 4.88. The summed E-state index contributed by atoms with van der Waals surface area (Å²) in [6.07, 6.45) is 3.00. The highest BCUT2D eigenvalue weighted by Gasteiger charge is 2.44. The Morgan fingerprint density at radius 1 is 0.933 bits per heavy atom. The number of pyridine rings is 1. The Hall–Kier alpha value is -2.86. The second-order valence-corrected chi connectivity index (χ2v) is 8.77. The quantitative estimate of drug-likeness (QED) is 0.674. The molecule has 0 amide bonds. The first-order chi connectivity index (χ1) is 14.5. The molecule has 0 radical (unpaired) electrons. The van der Waals surface area contributed by atoms with Crippen molar-refractivity contribution in [1.82, 2.24) is 24.6 Å². The van der Waals surface area contributed by atoms with Gasteiger partial charge in [0.1, 0.15) is 5.82 Å². The highest BCUT2D eigenvalue weighted by molar-refractivity contribution is 5.58. The van der Waals surface area contributed by atoms with Crippen molar-refractivity contribution in [1.29, 1.82) is 0 Å². The molecule has 0 unspecified atom stereocenters. The van der Waals surface area contributed by atoms with Crippen molar-refractivity contribution in [2.45, 2.75) is 51.6 Å². The molecule has 2 aliphatic rings. The highest BCUT2D eigenvalue weighted by Crippen LogP contribution is 2.41. The third kappa shape index (κ3) is 3.35. The van der Waals surface area contributed by atoms with Crippen LogP contribution in [0.1, 0.15) is 42.0 Å². The summed E-state index contributed by atoms with van der Waals surface area (Å²) in [6, 6.07) is 14.1. The van der Waals surface area contributed by atoms with Gasteiger partial charge in [0.05, 0.1) is 5.69 Å². The van der Waals surface area contributed by atoms with E-state index in [-0.39, 0.29) is 11.0 Å². The van der Waals surface area contributed by atoms with Gasteiger partial charge in [-0.05, 0) is 58.3 Å². The fraction of sp³-hybridized carbons (Fsp3) is 0.417. The summed E-state index contributed by atoms with van der Waals surface area (Å²) in [5.74, 6) is 0.886. The molecule has 1 saturated heterocycles. The van der Waals surface area contributed by atoms with E-state index in [1.165, 1.54) is 5.56 Å². The van der Waals surface area contributed by atoms with E-state index in [1.54, 1.807) is 0 Å². The largest absolute Gasteiger partial charge is 0.297 e. The van der Waals surface area contributed by atoms with Crippen LogP contribution in [-0.4, -0.2) is 37.7 Å².